The van der Waals surface area contributed by atoms with Gasteiger partial charge in [-0.05, 0) is 54.0 Å². The number of hydrogen-bond acceptors (Lipinski definition) is 3. The molecule has 1 N–H and O–H groups in total. The first-order valence-electron chi connectivity index (χ1n) is 6.97. The molecule has 2 aromatic rings. The van der Waals surface area contributed by atoms with Gasteiger partial charge < -0.3 is 14.5 Å². The van der Waals surface area contributed by atoms with Crippen molar-refractivity contribution in [2.75, 3.05) is 6.54 Å². The Bertz CT molecular complexity index is 598. The van der Waals surface area contributed by atoms with Gasteiger partial charge in [0.05, 0.1) is 4.47 Å². The average molecular weight is 356 g/mol. The third-order valence-corrected chi connectivity index (χ3v) is 3.73. The Balaban J connectivity index is 1.97. The van der Waals surface area contributed by atoms with Gasteiger partial charge in [-0.25, -0.2) is 4.39 Å². The lowest BCUT2D eigenvalue weighted by molar-refractivity contribution is 0.265. The van der Waals surface area contributed by atoms with E-state index in [9.17, 15) is 4.39 Å². The molecule has 0 aliphatic heterocycles. The summed E-state index contributed by atoms with van der Waals surface area (Å²) < 4.78 is 25.2. The second-order valence-electron chi connectivity index (χ2n) is 4.83. The topological polar surface area (TPSA) is 34.4 Å². The minimum Gasteiger partial charge on any atom is -0.484 e. The van der Waals surface area contributed by atoms with Crippen LogP contribution in [0, 0.1) is 12.7 Å². The fourth-order valence-electron chi connectivity index (χ4n) is 1.97. The van der Waals surface area contributed by atoms with Gasteiger partial charge in [-0.3, -0.25) is 0 Å². The number of benzene rings is 1. The fraction of sp³-hybridized carbons (Fsp3) is 0.375. The minimum atomic E-state index is -0.326. The molecule has 1 aromatic heterocycles. The zero-order valence-electron chi connectivity index (χ0n) is 12.2. The smallest absolute Gasteiger partial charge is 0.146 e. The van der Waals surface area contributed by atoms with Gasteiger partial charge in [-0.15, -0.1) is 0 Å². The maximum Gasteiger partial charge on any atom is 0.146 e. The molecule has 0 aliphatic carbocycles. The normalized spacial score (nSPS) is 10.9. The molecular weight excluding hydrogens is 337 g/mol. The predicted molar refractivity (Wildman–Crippen MR) is 83.9 cm³/mol. The van der Waals surface area contributed by atoms with Crippen LogP contribution >= 0.6 is 15.9 Å². The van der Waals surface area contributed by atoms with Crippen LogP contribution in [0.1, 0.15) is 30.4 Å². The Labute approximate surface area is 132 Å². The number of nitrogens with one attached hydrogen (secondary N) is 1. The summed E-state index contributed by atoms with van der Waals surface area (Å²) in [4.78, 5) is 0. The molecule has 0 fully saturated rings. The van der Waals surface area contributed by atoms with Crippen molar-refractivity contribution in [2.24, 2.45) is 0 Å². The second kappa shape index (κ2) is 7.61. The summed E-state index contributed by atoms with van der Waals surface area (Å²) in [6.45, 7) is 6.10. The van der Waals surface area contributed by atoms with Crippen molar-refractivity contribution in [1.29, 1.82) is 0 Å². The first-order valence-corrected chi connectivity index (χ1v) is 7.76. The Morgan fingerprint density at radius 2 is 2.14 bits per heavy atom. The molecule has 0 saturated heterocycles. The lowest BCUT2D eigenvalue weighted by Crippen LogP contribution is -2.13. The van der Waals surface area contributed by atoms with E-state index in [-0.39, 0.29) is 12.4 Å². The van der Waals surface area contributed by atoms with Crippen LogP contribution in [0.2, 0.25) is 0 Å². The van der Waals surface area contributed by atoms with Crippen molar-refractivity contribution >= 4 is 15.9 Å². The number of hydrogen-bond donors (Lipinski definition) is 1. The molecule has 0 spiro atoms. The Morgan fingerprint density at radius 3 is 2.90 bits per heavy atom. The zero-order chi connectivity index (χ0) is 15.2. The molecule has 21 heavy (non-hydrogen) atoms. The van der Waals surface area contributed by atoms with E-state index in [4.69, 9.17) is 9.15 Å². The molecule has 0 bridgehead atoms. The SMILES string of the molecule is CCCNCc1cc(COc2cc(F)ccc2Br)oc1C. The Hall–Kier alpha value is -1.33. The summed E-state index contributed by atoms with van der Waals surface area (Å²) in [5, 5.41) is 3.34. The van der Waals surface area contributed by atoms with Gasteiger partial charge in [0.25, 0.3) is 0 Å². The van der Waals surface area contributed by atoms with E-state index in [0.29, 0.717) is 5.75 Å². The average Bonchev–Trinajstić information content (AvgIpc) is 2.81. The van der Waals surface area contributed by atoms with Crippen LogP contribution in [-0.4, -0.2) is 6.54 Å². The van der Waals surface area contributed by atoms with Gasteiger partial charge >= 0.3 is 0 Å². The van der Waals surface area contributed by atoms with Crippen LogP contribution in [-0.2, 0) is 13.2 Å². The second-order valence-corrected chi connectivity index (χ2v) is 5.69. The summed E-state index contributed by atoms with van der Waals surface area (Å²) >= 11 is 3.33. The lowest BCUT2D eigenvalue weighted by atomic mass is 10.2. The van der Waals surface area contributed by atoms with Crippen molar-refractivity contribution in [3.05, 3.63) is 51.6 Å². The first-order chi connectivity index (χ1) is 10.1. The number of aryl methyl sites for hydroxylation is 1. The molecular formula is C16H19BrFNO2. The number of rotatable bonds is 7. The molecule has 0 saturated carbocycles. The van der Waals surface area contributed by atoms with E-state index in [1.165, 1.54) is 12.1 Å². The lowest BCUT2D eigenvalue weighted by Gasteiger charge is -2.06. The van der Waals surface area contributed by atoms with Crippen LogP contribution in [0.5, 0.6) is 5.75 Å². The fourth-order valence-corrected chi connectivity index (χ4v) is 2.33. The van der Waals surface area contributed by atoms with E-state index in [0.717, 1.165) is 41.1 Å². The van der Waals surface area contributed by atoms with Gasteiger partial charge in [0.1, 0.15) is 29.7 Å². The molecule has 1 heterocycles. The van der Waals surface area contributed by atoms with Crippen molar-refractivity contribution < 1.29 is 13.5 Å². The molecule has 1 aromatic carbocycles. The van der Waals surface area contributed by atoms with E-state index < -0.39 is 0 Å². The first kappa shape index (κ1) is 16.0. The number of furan rings is 1. The number of ether oxygens (including phenoxy) is 1. The highest BCUT2D eigenvalue weighted by Gasteiger charge is 2.09. The molecule has 5 heteroatoms. The largest absolute Gasteiger partial charge is 0.484 e. The third-order valence-electron chi connectivity index (χ3n) is 3.08. The molecule has 0 atom stereocenters. The van der Waals surface area contributed by atoms with Crippen LogP contribution < -0.4 is 10.1 Å². The van der Waals surface area contributed by atoms with E-state index in [1.807, 2.05) is 13.0 Å². The summed E-state index contributed by atoms with van der Waals surface area (Å²) in [5.41, 5.74) is 1.13. The molecule has 114 valence electrons. The van der Waals surface area contributed by atoms with Gasteiger partial charge in [0.15, 0.2) is 0 Å². The Kier molecular flexibility index (Phi) is 5.82. The molecule has 0 radical (unpaired) electrons. The van der Waals surface area contributed by atoms with Gasteiger partial charge in [-0.1, -0.05) is 6.92 Å². The molecule has 0 unspecified atom stereocenters. The van der Waals surface area contributed by atoms with Crippen molar-refractivity contribution in [1.82, 2.24) is 5.32 Å². The van der Waals surface area contributed by atoms with Crippen LogP contribution in [0.3, 0.4) is 0 Å². The predicted octanol–water partition coefficient (Wildman–Crippen LogP) is 4.57. The molecule has 0 aliphatic rings. The molecule has 0 amide bonds. The van der Waals surface area contributed by atoms with E-state index in [2.05, 4.69) is 28.2 Å². The van der Waals surface area contributed by atoms with Crippen molar-refractivity contribution in [3.63, 3.8) is 0 Å². The van der Waals surface area contributed by atoms with Gasteiger partial charge in [0, 0.05) is 18.2 Å². The van der Waals surface area contributed by atoms with Crippen LogP contribution in [0.15, 0.2) is 33.2 Å². The zero-order valence-corrected chi connectivity index (χ0v) is 13.8. The maximum absolute atomic E-state index is 13.2. The van der Waals surface area contributed by atoms with Crippen LogP contribution in [0.25, 0.3) is 0 Å². The molecule has 2 rings (SSSR count). The van der Waals surface area contributed by atoms with E-state index in [1.54, 1.807) is 6.07 Å². The minimum absolute atomic E-state index is 0.274. The van der Waals surface area contributed by atoms with Crippen LogP contribution in [0.4, 0.5) is 4.39 Å². The maximum atomic E-state index is 13.2. The van der Waals surface area contributed by atoms with Crippen molar-refractivity contribution in [2.45, 2.75) is 33.4 Å². The summed E-state index contributed by atoms with van der Waals surface area (Å²) in [6, 6.07) is 6.33. The molecule has 3 nitrogen and oxygen atoms in total. The monoisotopic (exact) mass is 355 g/mol. The summed E-state index contributed by atoms with van der Waals surface area (Å²) in [6.07, 6.45) is 1.10. The summed E-state index contributed by atoms with van der Waals surface area (Å²) in [7, 11) is 0. The highest BCUT2D eigenvalue weighted by atomic mass is 79.9. The number of halogens is 2. The van der Waals surface area contributed by atoms with Crippen molar-refractivity contribution in [3.8, 4) is 5.75 Å². The quantitative estimate of drug-likeness (QED) is 0.738. The highest BCUT2D eigenvalue weighted by Crippen LogP contribution is 2.27. The summed E-state index contributed by atoms with van der Waals surface area (Å²) in [5.74, 6) is 1.76. The standard InChI is InChI=1S/C16H19BrFNO2/c1-3-6-19-9-12-7-14(21-11(12)2)10-20-16-8-13(18)4-5-15(16)17/h4-5,7-8,19H,3,6,9-10H2,1-2H3. The van der Waals surface area contributed by atoms with E-state index >= 15 is 0 Å². The van der Waals surface area contributed by atoms with Gasteiger partial charge in [0.2, 0.25) is 0 Å². The highest BCUT2D eigenvalue weighted by molar-refractivity contribution is 9.10. The Morgan fingerprint density at radius 1 is 1.33 bits per heavy atom. The third kappa shape index (κ3) is 4.58. The van der Waals surface area contributed by atoms with Gasteiger partial charge in [-0.2, -0.15) is 0 Å².